The zero-order chi connectivity index (χ0) is 16.8. The van der Waals surface area contributed by atoms with Gasteiger partial charge in [-0.05, 0) is 42.0 Å². The summed E-state index contributed by atoms with van der Waals surface area (Å²) in [5.41, 5.74) is 2.59. The zero-order valence-electron chi connectivity index (χ0n) is 13.6. The number of rotatable bonds is 5. The highest BCUT2D eigenvalue weighted by Gasteiger charge is 2.18. The largest absolute Gasteiger partial charge is 0.497 e. The predicted molar refractivity (Wildman–Crippen MR) is 96.4 cm³/mol. The topological polar surface area (TPSA) is 29.5 Å². The minimum atomic E-state index is -0.0235. The van der Waals surface area contributed by atoms with Crippen molar-refractivity contribution in [2.75, 3.05) is 12.0 Å². The van der Waals surface area contributed by atoms with E-state index in [-0.39, 0.29) is 5.91 Å². The molecule has 1 amide bonds. The van der Waals surface area contributed by atoms with Gasteiger partial charge in [0.25, 0.3) is 5.91 Å². The van der Waals surface area contributed by atoms with Gasteiger partial charge >= 0.3 is 0 Å². The van der Waals surface area contributed by atoms with Crippen LogP contribution in [0.3, 0.4) is 0 Å². The van der Waals surface area contributed by atoms with E-state index in [1.54, 1.807) is 12.0 Å². The second-order valence-corrected chi connectivity index (χ2v) is 5.44. The van der Waals surface area contributed by atoms with Crippen molar-refractivity contribution in [3.8, 4) is 5.75 Å². The van der Waals surface area contributed by atoms with Crippen LogP contribution in [-0.4, -0.2) is 13.0 Å². The number of carbonyl (C=O) groups excluding carboxylic acids is 1. The number of carbonyl (C=O) groups is 1. The van der Waals surface area contributed by atoms with Gasteiger partial charge in [-0.3, -0.25) is 4.79 Å². The highest BCUT2D eigenvalue weighted by molar-refractivity contribution is 6.06. The standard InChI is InChI=1S/C21H19NO2/c1-24-20-14-12-19(13-15-20)22(16-17-8-4-2-5-9-17)21(23)18-10-6-3-7-11-18/h2-15H,16H2,1H3. The maximum Gasteiger partial charge on any atom is 0.258 e. The number of hydrogen-bond donors (Lipinski definition) is 0. The number of ether oxygens (including phenoxy) is 1. The van der Waals surface area contributed by atoms with Crippen LogP contribution in [-0.2, 0) is 6.54 Å². The Morgan fingerprint density at radius 3 is 2.00 bits per heavy atom. The molecule has 0 saturated heterocycles. The Bertz CT molecular complexity index is 783. The number of anilines is 1. The highest BCUT2D eigenvalue weighted by atomic mass is 16.5. The van der Waals surface area contributed by atoms with E-state index in [0.717, 1.165) is 17.0 Å². The van der Waals surface area contributed by atoms with Crippen LogP contribution in [0.2, 0.25) is 0 Å². The summed E-state index contributed by atoms with van der Waals surface area (Å²) < 4.78 is 5.21. The molecule has 0 aliphatic carbocycles. The van der Waals surface area contributed by atoms with Crippen LogP contribution in [0.4, 0.5) is 5.69 Å². The average molecular weight is 317 g/mol. The lowest BCUT2D eigenvalue weighted by Crippen LogP contribution is -2.30. The van der Waals surface area contributed by atoms with E-state index in [1.807, 2.05) is 84.9 Å². The molecule has 0 unspecified atom stereocenters. The molecule has 0 aliphatic rings. The Labute approximate surface area is 142 Å². The van der Waals surface area contributed by atoms with E-state index < -0.39 is 0 Å². The average Bonchev–Trinajstić information content (AvgIpc) is 2.67. The summed E-state index contributed by atoms with van der Waals surface area (Å²) in [5, 5.41) is 0. The first-order valence-electron chi connectivity index (χ1n) is 7.83. The van der Waals surface area contributed by atoms with E-state index >= 15 is 0 Å². The van der Waals surface area contributed by atoms with E-state index in [2.05, 4.69) is 0 Å². The summed E-state index contributed by atoms with van der Waals surface area (Å²) in [7, 11) is 1.63. The molecule has 0 saturated carbocycles. The van der Waals surface area contributed by atoms with E-state index in [9.17, 15) is 4.79 Å². The van der Waals surface area contributed by atoms with Gasteiger partial charge in [0.1, 0.15) is 5.75 Å². The maximum atomic E-state index is 13.0. The van der Waals surface area contributed by atoms with Crippen LogP contribution >= 0.6 is 0 Å². The van der Waals surface area contributed by atoms with Gasteiger partial charge in [0.05, 0.1) is 13.7 Å². The summed E-state index contributed by atoms with van der Waals surface area (Å²) in [6.07, 6.45) is 0. The smallest absolute Gasteiger partial charge is 0.258 e. The van der Waals surface area contributed by atoms with Crippen molar-refractivity contribution in [3.63, 3.8) is 0 Å². The van der Waals surface area contributed by atoms with Crippen molar-refractivity contribution in [3.05, 3.63) is 96.1 Å². The minimum absolute atomic E-state index is 0.0235. The fraction of sp³-hybridized carbons (Fsp3) is 0.0952. The fourth-order valence-electron chi connectivity index (χ4n) is 2.55. The van der Waals surface area contributed by atoms with Crippen LogP contribution in [0.15, 0.2) is 84.9 Å². The van der Waals surface area contributed by atoms with Gasteiger partial charge in [0.15, 0.2) is 0 Å². The molecular weight excluding hydrogens is 298 g/mol. The van der Waals surface area contributed by atoms with Crippen molar-refractivity contribution in [1.29, 1.82) is 0 Å². The molecule has 3 aromatic rings. The molecule has 0 radical (unpaired) electrons. The van der Waals surface area contributed by atoms with Crippen molar-refractivity contribution in [2.45, 2.75) is 6.54 Å². The van der Waals surface area contributed by atoms with Gasteiger partial charge < -0.3 is 9.64 Å². The third-order valence-corrected chi connectivity index (χ3v) is 3.83. The molecule has 0 heterocycles. The third-order valence-electron chi connectivity index (χ3n) is 3.83. The predicted octanol–water partition coefficient (Wildman–Crippen LogP) is 4.54. The Kier molecular flexibility index (Phi) is 4.92. The second kappa shape index (κ2) is 7.47. The normalized spacial score (nSPS) is 10.2. The van der Waals surface area contributed by atoms with E-state index in [1.165, 1.54) is 0 Å². The SMILES string of the molecule is COc1ccc(N(Cc2ccccc2)C(=O)c2ccccc2)cc1. The van der Waals surface area contributed by atoms with Gasteiger partial charge in [0.2, 0.25) is 0 Å². The molecular formula is C21H19NO2. The minimum Gasteiger partial charge on any atom is -0.497 e. The van der Waals surface area contributed by atoms with E-state index in [4.69, 9.17) is 4.74 Å². The molecule has 0 aromatic heterocycles. The molecule has 3 aromatic carbocycles. The number of nitrogens with zero attached hydrogens (tertiary/aromatic N) is 1. The molecule has 0 fully saturated rings. The molecule has 0 aliphatic heterocycles. The first-order chi connectivity index (χ1) is 11.8. The lowest BCUT2D eigenvalue weighted by molar-refractivity contribution is 0.0985. The van der Waals surface area contributed by atoms with Crippen molar-refractivity contribution in [1.82, 2.24) is 0 Å². The quantitative estimate of drug-likeness (QED) is 0.691. The third kappa shape index (κ3) is 3.63. The first-order valence-corrected chi connectivity index (χ1v) is 7.83. The summed E-state index contributed by atoms with van der Waals surface area (Å²) in [6.45, 7) is 0.515. The van der Waals surface area contributed by atoms with Gasteiger partial charge in [0, 0.05) is 11.3 Å². The molecule has 0 bridgehead atoms. The summed E-state index contributed by atoms with van der Waals surface area (Å²) in [5.74, 6) is 0.746. The highest BCUT2D eigenvalue weighted by Crippen LogP contribution is 2.23. The number of benzene rings is 3. The lowest BCUT2D eigenvalue weighted by Gasteiger charge is -2.23. The molecule has 3 heteroatoms. The molecule has 120 valence electrons. The van der Waals surface area contributed by atoms with E-state index in [0.29, 0.717) is 12.1 Å². The molecule has 24 heavy (non-hydrogen) atoms. The molecule has 3 nitrogen and oxygen atoms in total. The Hall–Kier alpha value is -3.07. The van der Waals surface area contributed by atoms with Crippen molar-refractivity contribution >= 4 is 11.6 Å². The first kappa shape index (κ1) is 15.8. The lowest BCUT2D eigenvalue weighted by atomic mass is 10.1. The Morgan fingerprint density at radius 2 is 1.42 bits per heavy atom. The molecule has 0 spiro atoms. The van der Waals surface area contributed by atoms with Crippen LogP contribution in [0.1, 0.15) is 15.9 Å². The van der Waals surface area contributed by atoms with Crippen molar-refractivity contribution in [2.24, 2.45) is 0 Å². The maximum absolute atomic E-state index is 13.0. The number of hydrogen-bond acceptors (Lipinski definition) is 2. The molecule has 3 rings (SSSR count). The summed E-state index contributed by atoms with van der Waals surface area (Å²) in [6, 6.07) is 26.9. The van der Waals surface area contributed by atoms with Gasteiger partial charge in [-0.25, -0.2) is 0 Å². The van der Waals surface area contributed by atoms with Crippen LogP contribution in [0.25, 0.3) is 0 Å². The van der Waals surface area contributed by atoms with Crippen LogP contribution < -0.4 is 9.64 Å². The molecule has 0 atom stereocenters. The van der Waals surface area contributed by atoms with Crippen LogP contribution in [0.5, 0.6) is 5.75 Å². The Balaban J connectivity index is 1.95. The summed E-state index contributed by atoms with van der Waals surface area (Å²) >= 11 is 0. The van der Waals surface area contributed by atoms with Crippen LogP contribution in [0, 0.1) is 0 Å². The number of methoxy groups -OCH3 is 1. The summed E-state index contributed by atoms with van der Waals surface area (Å²) in [4.78, 5) is 14.8. The number of amides is 1. The molecule has 0 N–H and O–H groups in total. The van der Waals surface area contributed by atoms with Gasteiger partial charge in [-0.15, -0.1) is 0 Å². The monoisotopic (exact) mass is 317 g/mol. The second-order valence-electron chi connectivity index (χ2n) is 5.44. The Morgan fingerprint density at radius 1 is 0.833 bits per heavy atom. The van der Waals surface area contributed by atoms with Gasteiger partial charge in [-0.2, -0.15) is 0 Å². The zero-order valence-corrected chi connectivity index (χ0v) is 13.6. The fourth-order valence-corrected chi connectivity index (χ4v) is 2.55. The van der Waals surface area contributed by atoms with Gasteiger partial charge in [-0.1, -0.05) is 48.5 Å². The van der Waals surface area contributed by atoms with Crippen molar-refractivity contribution < 1.29 is 9.53 Å².